The second-order valence-corrected chi connectivity index (χ2v) is 5.19. The lowest BCUT2D eigenvalue weighted by molar-refractivity contribution is -0.137. The van der Waals surface area contributed by atoms with Crippen LogP contribution in [0.1, 0.15) is 5.56 Å². The van der Waals surface area contributed by atoms with E-state index in [1.54, 1.807) is 6.07 Å². The van der Waals surface area contributed by atoms with Gasteiger partial charge in [-0.05, 0) is 40.2 Å². The molecule has 0 spiro atoms. The Hall–Kier alpha value is -1.51. The summed E-state index contributed by atoms with van der Waals surface area (Å²) in [5.74, 6) is 4.97. The Labute approximate surface area is 131 Å². The van der Waals surface area contributed by atoms with Crippen LogP contribution in [0.5, 0.6) is 11.6 Å². The monoisotopic (exact) mass is 381 g/mol. The van der Waals surface area contributed by atoms with Gasteiger partial charge in [0.05, 0.1) is 10.0 Å². The van der Waals surface area contributed by atoms with Crippen molar-refractivity contribution in [1.82, 2.24) is 4.98 Å². The summed E-state index contributed by atoms with van der Waals surface area (Å²) in [7, 11) is 0. The van der Waals surface area contributed by atoms with Crippen molar-refractivity contribution in [3.05, 3.63) is 45.4 Å². The van der Waals surface area contributed by atoms with Crippen molar-refractivity contribution in [2.45, 2.75) is 6.18 Å². The van der Waals surface area contributed by atoms with E-state index in [0.717, 1.165) is 12.1 Å². The lowest BCUT2D eigenvalue weighted by Crippen LogP contribution is -2.12. The molecule has 0 radical (unpaired) electrons. The van der Waals surface area contributed by atoms with Crippen molar-refractivity contribution in [1.29, 1.82) is 0 Å². The first-order valence-corrected chi connectivity index (χ1v) is 6.65. The van der Waals surface area contributed by atoms with Crippen LogP contribution in [0, 0.1) is 0 Å². The largest absolute Gasteiger partial charge is 0.438 e. The number of pyridine rings is 1. The molecule has 1 aromatic heterocycles. The number of nitrogens with zero attached hydrogens (tertiary/aromatic N) is 1. The SMILES string of the molecule is NNc1cc(C(F)(F)F)cc(Oc2ccc(Cl)cc2Br)n1. The third-order valence-corrected chi connectivity index (χ3v) is 3.24. The highest BCUT2D eigenvalue weighted by molar-refractivity contribution is 9.10. The van der Waals surface area contributed by atoms with Crippen molar-refractivity contribution < 1.29 is 17.9 Å². The van der Waals surface area contributed by atoms with Crippen LogP contribution in [-0.2, 0) is 6.18 Å². The molecule has 0 saturated carbocycles. The molecule has 0 bridgehead atoms. The van der Waals surface area contributed by atoms with E-state index in [4.69, 9.17) is 22.2 Å². The van der Waals surface area contributed by atoms with Gasteiger partial charge in [-0.3, -0.25) is 0 Å². The number of alkyl halides is 3. The molecule has 4 nitrogen and oxygen atoms in total. The summed E-state index contributed by atoms with van der Waals surface area (Å²) < 4.78 is 44.1. The Balaban J connectivity index is 2.39. The first-order valence-electron chi connectivity index (χ1n) is 5.48. The van der Waals surface area contributed by atoms with Gasteiger partial charge >= 0.3 is 6.18 Å². The summed E-state index contributed by atoms with van der Waals surface area (Å²) in [6.45, 7) is 0. The molecular weight excluding hydrogens is 375 g/mol. The average Bonchev–Trinajstić information content (AvgIpc) is 2.40. The Morgan fingerprint density at radius 2 is 1.95 bits per heavy atom. The van der Waals surface area contributed by atoms with E-state index >= 15 is 0 Å². The number of hydrazine groups is 1. The zero-order valence-electron chi connectivity index (χ0n) is 10.2. The summed E-state index contributed by atoms with van der Waals surface area (Å²) in [6, 6.07) is 6.15. The van der Waals surface area contributed by atoms with Crippen molar-refractivity contribution in [2.24, 2.45) is 5.84 Å². The molecule has 0 amide bonds. The minimum atomic E-state index is -4.54. The molecule has 0 fully saturated rings. The summed E-state index contributed by atoms with van der Waals surface area (Å²) in [4.78, 5) is 3.81. The van der Waals surface area contributed by atoms with Crippen LogP contribution >= 0.6 is 27.5 Å². The Morgan fingerprint density at radius 3 is 2.52 bits per heavy atom. The molecule has 0 unspecified atom stereocenters. The van der Waals surface area contributed by atoms with Gasteiger partial charge in [0.25, 0.3) is 0 Å². The fraction of sp³-hybridized carbons (Fsp3) is 0.0833. The Morgan fingerprint density at radius 1 is 1.24 bits per heavy atom. The Kier molecular flexibility index (Phi) is 4.60. The number of benzene rings is 1. The number of halogens is 5. The second kappa shape index (κ2) is 6.08. The van der Waals surface area contributed by atoms with Gasteiger partial charge in [0, 0.05) is 11.1 Å². The number of rotatable bonds is 3. The molecular formula is C12H8BrClF3N3O. The van der Waals surface area contributed by atoms with E-state index < -0.39 is 11.7 Å². The van der Waals surface area contributed by atoms with E-state index in [9.17, 15) is 13.2 Å². The lowest BCUT2D eigenvalue weighted by Gasteiger charge is -2.12. The molecule has 9 heteroatoms. The molecule has 0 aliphatic heterocycles. The highest BCUT2D eigenvalue weighted by Gasteiger charge is 2.32. The summed E-state index contributed by atoms with van der Waals surface area (Å²) in [5.41, 5.74) is 1.14. The van der Waals surface area contributed by atoms with Crippen molar-refractivity contribution in [3.8, 4) is 11.6 Å². The van der Waals surface area contributed by atoms with Gasteiger partial charge in [-0.15, -0.1) is 0 Å². The highest BCUT2D eigenvalue weighted by Crippen LogP contribution is 2.35. The van der Waals surface area contributed by atoms with Gasteiger partial charge in [-0.2, -0.15) is 18.2 Å². The molecule has 0 saturated heterocycles. The zero-order valence-corrected chi connectivity index (χ0v) is 12.6. The van der Waals surface area contributed by atoms with E-state index in [-0.39, 0.29) is 17.4 Å². The van der Waals surface area contributed by atoms with Crippen molar-refractivity contribution in [3.63, 3.8) is 0 Å². The summed E-state index contributed by atoms with van der Waals surface area (Å²) in [6.07, 6.45) is -4.54. The molecule has 1 heterocycles. The molecule has 0 aliphatic carbocycles. The fourth-order valence-corrected chi connectivity index (χ4v) is 2.23. The quantitative estimate of drug-likeness (QED) is 0.602. The van der Waals surface area contributed by atoms with Gasteiger partial charge < -0.3 is 10.2 Å². The minimum absolute atomic E-state index is 0.162. The van der Waals surface area contributed by atoms with Crippen molar-refractivity contribution in [2.75, 3.05) is 5.43 Å². The molecule has 2 rings (SSSR count). The van der Waals surface area contributed by atoms with Crippen LogP contribution in [-0.4, -0.2) is 4.98 Å². The number of nitrogens with two attached hydrogens (primary N) is 1. The molecule has 112 valence electrons. The maximum atomic E-state index is 12.8. The van der Waals surface area contributed by atoms with Crippen LogP contribution < -0.4 is 16.0 Å². The zero-order chi connectivity index (χ0) is 15.6. The second-order valence-electron chi connectivity index (χ2n) is 3.90. The van der Waals surface area contributed by atoms with E-state index in [1.165, 1.54) is 12.1 Å². The summed E-state index contributed by atoms with van der Waals surface area (Å²) in [5, 5.41) is 0.454. The highest BCUT2D eigenvalue weighted by atomic mass is 79.9. The number of nitrogens with one attached hydrogen (secondary N) is 1. The van der Waals surface area contributed by atoms with E-state index in [1.807, 2.05) is 0 Å². The normalized spacial score (nSPS) is 11.3. The predicted octanol–water partition coefficient (Wildman–Crippen LogP) is 4.59. The van der Waals surface area contributed by atoms with Crippen LogP contribution in [0.2, 0.25) is 5.02 Å². The Bertz CT molecular complexity index is 667. The van der Waals surface area contributed by atoms with Crippen LogP contribution in [0.4, 0.5) is 19.0 Å². The number of aromatic nitrogens is 1. The summed E-state index contributed by atoms with van der Waals surface area (Å²) >= 11 is 8.97. The fourth-order valence-electron chi connectivity index (χ4n) is 1.47. The molecule has 21 heavy (non-hydrogen) atoms. The van der Waals surface area contributed by atoms with Crippen molar-refractivity contribution >= 4 is 33.3 Å². The molecule has 0 atom stereocenters. The number of anilines is 1. The number of ether oxygens (including phenoxy) is 1. The van der Waals surface area contributed by atoms with Gasteiger partial charge in [0.1, 0.15) is 11.6 Å². The first-order chi connectivity index (χ1) is 9.79. The van der Waals surface area contributed by atoms with Crippen LogP contribution in [0.25, 0.3) is 0 Å². The van der Waals surface area contributed by atoms with E-state index in [2.05, 4.69) is 26.3 Å². The van der Waals surface area contributed by atoms with Crippen LogP contribution in [0.3, 0.4) is 0 Å². The molecule has 1 aromatic carbocycles. The maximum Gasteiger partial charge on any atom is 0.416 e. The standard InChI is InChI=1S/C12H8BrClF3N3O/c13-8-5-7(14)1-2-9(8)21-11-4-6(12(15,16)17)3-10(19-11)20-18/h1-5H,18H2,(H,19,20). The van der Waals surface area contributed by atoms with Gasteiger partial charge in [0.2, 0.25) is 5.88 Å². The third kappa shape index (κ3) is 3.99. The minimum Gasteiger partial charge on any atom is -0.438 e. The van der Waals surface area contributed by atoms with Gasteiger partial charge in [0.15, 0.2) is 0 Å². The topological polar surface area (TPSA) is 60.2 Å². The molecule has 2 aromatic rings. The number of hydrogen-bond donors (Lipinski definition) is 2. The van der Waals surface area contributed by atoms with Crippen LogP contribution in [0.15, 0.2) is 34.8 Å². The third-order valence-electron chi connectivity index (χ3n) is 2.39. The molecule has 3 N–H and O–H groups in total. The van der Waals surface area contributed by atoms with E-state index in [0.29, 0.717) is 9.50 Å². The van der Waals surface area contributed by atoms with Gasteiger partial charge in [-0.1, -0.05) is 11.6 Å². The number of nitrogen functional groups attached to an aromatic ring is 1. The lowest BCUT2D eigenvalue weighted by atomic mass is 10.2. The maximum absolute atomic E-state index is 12.8. The predicted molar refractivity (Wildman–Crippen MR) is 76.3 cm³/mol. The van der Waals surface area contributed by atoms with Gasteiger partial charge in [-0.25, -0.2) is 5.84 Å². The smallest absolute Gasteiger partial charge is 0.416 e. The first kappa shape index (κ1) is 15.9. The average molecular weight is 383 g/mol. The number of hydrogen-bond acceptors (Lipinski definition) is 4. The molecule has 0 aliphatic rings.